The van der Waals surface area contributed by atoms with Gasteiger partial charge in [0.25, 0.3) is 0 Å². The van der Waals surface area contributed by atoms with Gasteiger partial charge >= 0.3 is 0 Å². The Morgan fingerprint density at radius 2 is 1.86 bits per heavy atom. The Morgan fingerprint density at radius 1 is 1.18 bits per heavy atom. The number of hydrogen-bond acceptors (Lipinski definition) is 3. The summed E-state index contributed by atoms with van der Waals surface area (Å²) < 4.78 is 5.69. The first-order chi connectivity index (χ1) is 13.4. The molecule has 28 heavy (non-hydrogen) atoms. The van der Waals surface area contributed by atoms with E-state index < -0.39 is 0 Å². The molecule has 2 amide bonds. The Hall–Kier alpha value is -2.53. The topological polar surface area (TPSA) is 58.6 Å². The molecule has 0 aromatic heterocycles. The van der Waals surface area contributed by atoms with Gasteiger partial charge in [-0.25, -0.2) is 0 Å². The zero-order chi connectivity index (χ0) is 20.1. The summed E-state index contributed by atoms with van der Waals surface area (Å²) in [6.07, 6.45) is 1.20. The fourth-order valence-corrected chi connectivity index (χ4v) is 3.17. The number of carbonyl (C=O) groups excluding carboxylic acids is 2. The second-order valence-electron chi connectivity index (χ2n) is 7.43. The van der Waals surface area contributed by atoms with Crippen LogP contribution in [0.15, 0.2) is 48.5 Å². The van der Waals surface area contributed by atoms with E-state index in [0.717, 1.165) is 17.9 Å². The van der Waals surface area contributed by atoms with Crippen LogP contribution < -0.4 is 15.0 Å². The third kappa shape index (κ3) is 5.26. The number of amides is 2. The molecule has 1 atom stereocenters. The summed E-state index contributed by atoms with van der Waals surface area (Å²) >= 11 is 5.90. The highest BCUT2D eigenvalue weighted by molar-refractivity contribution is 6.30. The van der Waals surface area contributed by atoms with Crippen LogP contribution in [0.25, 0.3) is 0 Å². The van der Waals surface area contributed by atoms with Crippen LogP contribution in [0, 0.1) is 11.8 Å². The van der Waals surface area contributed by atoms with Crippen molar-refractivity contribution in [3.63, 3.8) is 0 Å². The number of ether oxygens (including phenoxy) is 1. The van der Waals surface area contributed by atoms with Gasteiger partial charge in [-0.05, 0) is 60.9 Å². The van der Waals surface area contributed by atoms with Crippen molar-refractivity contribution in [2.45, 2.75) is 26.7 Å². The highest BCUT2D eigenvalue weighted by atomic mass is 35.5. The minimum Gasteiger partial charge on any atom is -0.494 e. The van der Waals surface area contributed by atoms with Gasteiger partial charge in [0.15, 0.2) is 0 Å². The molecule has 0 bridgehead atoms. The third-order valence-corrected chi connectivity index (χ3v) is 4.97. The summed E-state index contributed by atoms with van der Waals surface area (Å²) in [5.74, 6) is 0.781. The van der Waals surface area contributed by atoms with E-state index in [1.807, 2.05) is 24.3 Å². The number of hydrogen-bond donors (Lipinski definition) is 1. The average molecular weight is 401 g/mol. The van der Waals surface area contributed by atoms with Crippen molar-refractivity contribution in [1.82, 2.24) is 0 Å². The van der Waals surface area contributed by atoms with Crippen LogP contribution in [-0.2, 0) is 9.59 Å². The predicted octanol–water partition coefficient (Wildman–Crippen LogP) is 4.76. The van der Waals surface area contributed by atoms with E-state index in [9.17, 15) is 9.59 Å². The van der Waals surface area contributed by atoms with Crippen LogP contribution in [0.5, 0.6) is 5.75 Å². The van der Waals surface area contributed by atoms with Crippen molar-refractivity contribution in [2.24, 2.45) is 11.8 Å². The Labute approximate surface area is 170 Å². The van der Waals surface area contributed by atoms with Crippen LogP contribution in [0.3, 0.4) is 0 Å². The second kappa shape index (κ2) is 9.11. The number of benzene rings is 2. The number of rotatable bonds is 7. The number of nitrogens with zero attached hydrogens (tertiary/aromatic N) is 1. The normalized spacial score (nSPS) is 16.5. The van der Waals surface area contributed by atoms with Gasteiger partial charge in [0.2, 0.25) is 11.8 Å². The quantitative estimate of drug-likeness (QED) is 0.729. The summed E-state index contributed by atoms with van der Waals surface area (Å²) in [5.41, 5.74) is 1.45. The molecule has 1 aliphatic rings. The van der Waals surface area contributed by atoms with Crippen LogP contribution in [-0.4, -0.2) is 25.0 Å². The van der Waals surface area contributed by atoms with Crippen LogP contribution in [0.4, 0.5) is 11.4 Å². The number of halogens is 1. The van der Waals surface area contributed by atoms with Crippen molar-refractivity contribution in [3.8, 4) is 5.75 Å². The minimum absolute atomic E-state index is 0.0589. The second-order valence-corrected chi connectivity index (χ2v) is 7.86. The Balaban J connectivity index is 1.54. The van der Waals surface area contributed by atoms with Crippen molar-refractivity contribution < 1.29 is 14.3 Å². The van der Waals surface area contributed by atoms with Crippen molar-refractivity contribution in [3.05, 3.63) is 53.6 Å². The lowest BCUT2D eigenvalue weighted by atomic mass is 10.1. The molecule has 148 valence electrons. The van der Waals surface area contributed by atoms with E-state index in [2.05, 4.69) is 19.2 Å². The summed E-state index contributed by atoms with van der Waals surface area (Å²) in [6.45, 7) is 5.35. The molecule has 0 radical (unpaired) electrons. The van der Waals surface area contributed by atoms with Gasteiger partial charge in [-0.2, -0.15) is 0 Å². The van der Waals surface area contributed by atoms with Crippen molar-refractivity contribution in [1.29, 1.82) is 0 Å². The SMILES string of the molecule is CC(C)CCOc1ccc(NC(=O)[C@@H]2CC(=O)N(c3ccc(Cl)cc3)C2)cc1. The maximum absolute atomic E-state index is 12.6. The van der Waals surface area contributed by atoms with Gasteiger partial charge in [-0.15, -0.1) is 0 Å². The Kier molecular flexibility index (Phi) is 6.57. The number of nitrogens with one attached hydrogen (secondary N) is 1. The lowest BCUT2D eigenvalue weighted by Crippen LogP contribution is -2.28. The monoisotopic (exact) mass is 400 g/mol. The molecule has 6 heteroatoms. The molecule has 1 N–H and O–H groups in total. The molecule has 1 aliphatic heterocycles. The van der Waals surface area contributed by atoms with E-state index in [1.165, 1.54) is 0 Å². The first-order valence-electron chi connectivity index (χ1n) is 9.52. The van der Waals surface area contributed by atoms with E-state index >= 15 is 0 Å². The maximum atomic E-state index is 12.6. The molecule has 0 saturated carbocycles. The molecule has 0 unspecified atom stereocenters. The van der Waals surface area contributed by atoms with Crippen molar-refractivity contribution in [2.75, 3.05) is 23.4 Å². The molecule has 2 aromatic rings. The number of carbonyl (C=O) groups is 2. The summed E-state index contributed by atoms with van der Waals surface area (Å²) in [7, 11) is 0. The van der Waals surface area contributed by atoms with E-state index in [-0.39, 0.29) is 24.2 Å². The fraction of sp³-hybridized carbons (Fsp3) is 0.364. The fourth-order valence-electron chi connectivity index (χ4n) is 3.05. The lowest BCUT2D eigenvalue weighted by Gasteiger charge is -2.17. The smallest absolute Gasteiger partial charge is 0.229 e. The van der Waals surface area contributed by atoms with E-state index in [4.69, 9.17) is 16.3 Å². The van der Waals surface area contributed by atoms with Gasteiger partial charge in [-0.3, -0.25) is 9.59 Å². The first kappa shape index (κ1) is 20.2. The molecule has 0 spiro atoms. The van der Waals surface area contributed by atoms with E-state index in [1.54, 1.807) is 29.2 Å². The number of anilines is 2. The van der Waals surface area contributed by atoms with Gasteiger partial charge in [-0.1, -0.05) is 25.4 Å². The zero-order valence-electron chi connectivity index (χ0n) is 16.2. The van der Waals surface area contributed by atoms with Gasteiger partial charge in [0.05, 0.1) is 12.5 Å². The average Bonchev–Trinajstić information content (AvgIpc) is 3.05. The first-order valence-corrected chi connectivity index (χ1v) is 9.90. The predicted molar refractivity (Wildman–Crippen MR) is 112 cm³/mol. The highest BCUT2D eigenvalue weighted by Crippen LogP contribution is 2.27. The molecule has 3 rings (SSSR count). The molecule has 1 fully saturated rings. The van der Waals surface area contributed by atoms with Gasteiger partial charge in [0.1, 0.15) is 5.75 Å². The lowest BCUT2D eigenvalue weighted by molar-refractivity contribution is -0.122. The minimum atomic E-state index is -0.384. The molecule has 1 saturated heterocycles. The molecule has 5 nitrogen and oxygen atoms in total. The third-order valence-electron chi connectivity index (χ3n) is 4.72. The zero-order valence-corrected chi connectivity index (χ0v) is 16.9. The highest BCUT2D eigenvalue weighted by Gasteiger charge is 2.35. The largest absolute Gasteiger partial charge is 0.494 e. The summed E-state index contributed by atoms with van der Waals surface area (Å²) in [4.78, 5) is 26.5. The van der Waals surface area contributed by atoms with E-state index in [0.29, 0.717) is 29.8 Å². The molecule has 1 heterocycles. The standard InChI is InChI=1S/C22H25ClN2O3/c1-15(2)11-12-28-20-9-5-18(6-10-20)24-22(27)16-13-21(26)25(14-16)19-7-3-17(23)4-8-19/h3-10,15-16H,11-14H2,1-2H3,(H,24,27)/t16-/m1/s1. The molecular weight excluding hydrogens is 376 g/mol. The summed E-state index contributed by atoms with van der Waals surface area (Å²) in [6, 6.07) is 14.4. The molecule has 2 aromatic carbocycles. The van der Waals surface area contributed by atoms with Crippen LogP contribution in [0.2, 0.25) is 5.02 Å². The Bertz CT molecular complexity index is 819. The van der Waals surface area contributed by atoms with Gasteiger partial charge < -0.3 is 15.0 Å². The molecular formula is C22H25ClN2O3. The molecule has 0 aliphatic carbocycles. The summed E-state index contributed by atoms with van der Waals surface area (Å²) in [5, 5.41) is 3.50. The Morgan fingerprint density at radius 3 is 2.50 bits per heavy atom. The van der Waals surface area contributed by atoms with Crippen molar-refractivity contribution >= 4 is 34.8 Å². The van der Waals surface area contributed by atoms with Gasteiger partial charge in [0, 0.05) is 29.4 Å². The van der Waals surface area contributed by atoms with Crippen LogP contribution >= 0.6 is 11.6 Å². The maximum Gasteiger partial charge on any atom is 0.229 e. The van der Waals surface area contributed by atoms with Crippen LogP contribution in [0.1, 0.15) is 26.7 Å².